The van der Waals surface area contributed by atoms with Gasteiger partial charge in [0.05, 0.1) is 6.54 Å². The minimum absolute atomic E-state index is 0.0798. The molecule has 1 saturated heterocycles. The summed E-state index contributed by atoms with van der Waals surface area (Å²) < 4.78 is 0. The Labute approximate surface area is 170 Å². The molecular formula is C21H26ClN5O. The van der Waals surface area contributed by atoms with E-state index in [0.29, 0.717) is 11.6 Å². The number of carbonyl (C=O) groups excluding carboxylic acids is 1. The van der Waals surface area contributed by atoms with Crippen LogP contribution in [0.25, 0.3) is 0 Å². The predicted octanol–water partition coefficient (Wildman–Crippen LogP) is 4.25. The Kier molecular flexibility index (Phi) is 5.67. The quantitative estimate of drug-likeness (QED) is 0.786. The number of rotatable bonds is 6. The second-order valence-electron chi connectivity index (χ2n) is 7.48. The van der Waals surface area contributed by atoms with Gasteiger partial charge in [0.25, 0.3) is 0 Å². The summed E-state index contributed by atoms with van der Waals surface area (Å²) in [6.45, 7) is 4.52. The van der Waals surface area contributed by atoms with E-state index in [2.05, 4.69) is 27.1 Å². The summed E-state index contributed by atoms with van der Waals surface area (Å²) >= 11 is 6.18. The van der Waals surface area contributed by atoms with Crippen molar-refractivity contribution in [2.45, 2.75) is 51.6 Å². The Hall–Kier alpha value is -2.34. The molecule has 0 radical (unpaired) electrons. The highest BCUT2D eigenvalue weighted by molar-refractivity contribution is 6.30. The molecule has 3 heterocycles. The summed E-state index contributed by atoms with van der Waals surface area (Å²) in [6.07, 6.45) is 6.73. The van der Waals surface area contributed by atoms with E-state index >= 15 is 0 Å². The first kappa shape index (κ1) is 19.0. The highest BCUT2D eigenvalue weighted by Crippen LogP contribution is 2.39. The molecule has 1 aromatic heterocycles. The van der Waals surface area contributed by atoms with E-state index in [9.17, 15) is 4.79 Å². The molecular weight excluding hydrogens is 374 g/mol. The molecule has 2 aliphatic heterocycles. The molecule has 7 heteroatoms. The zero-order valence-electron chi connectivity index (χ0n) is 16.2. The summed E-state index contributed by atoms with van der Waals surface area (Å²) in [5.74, 6) is 1.68. The van der Waals surface area contributed by atoms with Gasteiger partial charge in [0, 0.05) is 18.1 Å². The number of hydrogen-bond acceptors (Lipinski definition) is 5. The first-order valence-electron chi connectivity index (χ1n) is 10.1. The first-order chi connectivity index (χ1) is 13.7. The van der Waals surface area contributed by atoms with Crippen molar-refractivity contribution in [3.8, 4) is 0 Å². The van der Waals surface area contributed by atoms with Crippen molar-refractivity contribution in [1.82, 2.24) is 9.97 Å². The number of fused-ring (bicyclic) bond motifs is 1. The summed E-state index contributed by atoms with van der Waals surface area (Å²) in [5.41, 5.74) is 1.79. The van der Waals surface area contributed by atoms with Gasteiger partial charge in [-0.2, -0.15) is 0 Å². The van der Waals surface area contributed by atoms with Gasteiger partial charge in [0.15, 0.2) is 11.6 Å². The Bertz CT molecular complexity index is 852. The second kappa shape index (κ2) is 8.35. The third-order valence-electron chi connectivity index (χ3n) is 5.43. The summed E-state index contributed by atoms with van der Waals surface area (Å²) in [7, 11) is 0. The Balaban J connectivity index is 1.74. The van der Waals surface area contributed by atoms with Crippen molar-refractivity contribution >= 4 is 34.8 Å². The Morgan fingerprint density at radius 2 is 2.07 bits per heavy atom. The molecule has 0 unspecified atom stereocenters. The van der Waals surface area contributed by atoms with Crippen LogP contribution in [0.5, 0.6) is 0 Å². The third-order valence-corrected chi connectivity index (χ3v) is 5.66. The van der Waals surface area contributed by atoms with Gasteiger partial charge in [-0.25, -0.2) is 9.97 Å². The van der Waals surface area contributed by atoms with Crippen LogP contribution >= 0.6 is 11.6 Å². The molecule has 0 bridgehead atoms. The third kappa shape index (κ3) is 3.78. The van der Waals surface area contributed by atoms with Crippen molar-refractivity contribution < 1.29 is 4.79 Å². The lowest BCUT2D eigenvalue weighted by atomic mass is 10.0. The lowest BCUT2D eigenvalue weighted by Crippen LogP contribution is -2.48. The highest BCUT2D eigenvalue weighted by Gasteiger charge is 2.36. The fraction of sp³-hybridized carbons (Fsp3) is 0.476. The van der Waals surface area contributed by atoms with E-state index in [1.165, 1.54) is 0 Å². The number of hydrogen-bond donors (Lipinski definition) is 1. The molecule has 1 fully saturated rings. The molecule has 0 saturated carbocycles. The summed E-state index contributed by atoms with van der Waals surface area (Å²) in [5, 5.41) is 4.05. The second-order valence-corrected chi connectivity index (χ2v) is 7.92. The van der Waals surface area contributed by atoms with Gasteiger partial charge < -0.3 is 10.2 Å². The van der Waals surface area contributed by atoms with Crippen molar-refractivity contribution in [2.75, 3.05) is 28.2 Å². The number of aromatic nitrogens is 2. The van der Waals surface area contributed by atoms with Crippen LogP contribution in [0.2, 0.25) is 5.02 Å². The van der Waals surface area contributed by atoms with Crippen LogP contribution in [0.15, 0.2) is 30.6 Å². The van der Waals surface area contributed by atoms with Gasteiger partial charge in [-0.15, -0.1) is 0 Å². The largest absolute Gasteiger partial charge is 0.356 e. The molecule has 2 aliphatic rings. The Morgan fingerprint density at radius 1 is 1.25 bits per heavy atom. The van der Waals surface area contributed by atoms with E-state index in [4.69, 9.17) is 11.6 Å². The van der Waals surface area contributed by atoms with E-state index in [1.54, 1.807) is 6.33 Å². The first-order valence-corrected chi connectivity index (χ1v) is 10.5. The number of nitrogens with one attached hydrogen (secondary N) is 1. The van der Waals surface area contributed by atoms with E-state index in [0.717, 1.165) is 68.1 Å². The number of anilines is 3. The summed E-state index contributed by atoms with van der Waals surface area (Å²) in [6, 6.07) is 7.43. The molecule has 2 aromatic rings. The lowest BCUT2D eigenvalue weighted by Gasteiger charge is -2.37. The van der Waals surface area contributed by atoms with Crippen LogP contribution < -0.4 is 15.1 Å². The van der Waals surface area contributed by atoms with E-state index < -0.39 is 0 Å². The normalized spacial score (nSPS) is 18.9. The van der Waals surface area contributed by atoms with Gasteiger partial charge in [-0.05, 0) is 37.0 Å². The van der Waals surface area contributed by atoms with Gasteiger partial charge in [-0.1, -0.05) is 43.5 Å². The lowest BCUT2D eigenvalue weighted by molar-refractivity contribution is -0.119. The maximum absolute atomic E-state index is 13.4. The number of nitrogens with zero attached hydrogens (tertiary/aromatic N) is 4. The molecule has 1 N–H and O–H groups in total. The number of halogens is 1. The maximum atomic E-state index is 13.4. The molecule has 1 amide bonds. The van der Waals surface area contributed by atoms with Gasteiger partial charge >= 0.3 is 0 Å². The fourth-order valence-electron chi connectivity index (χ4n) is 3.99. The molecule has 28 heavy (non-hydrogen) atoms. The number of unbranched alkanes of at least 4 members (excludes halogenated alkanes) is 1. The van der Waals surface area contributed by atoms with Crippen molar-refractivity contribution in [3.63, 3.8) is 0 Å². The van der Waals surface area contributed by atoms with Crippen molar-refractivity contribution in [2.24, 2.45) is 0 Å². The molecule has 1 aromatic carbocycles. The number of carbonyl (C=O) groups is 1. The van der Waals surface area contributed by atoms with Crippen molar-refractivity contribution in [3.05, 3.63) is 41.2 Å². The average molecular weight is 400 g/mol. The van der Waals surface area contributed by atoms with Crippen LogP contribution in [-0.2, 0) is 11.3 Å². The topological polar surface area (TPSA) is 61.4 Å². The molecule has 0 aliphatic carbocycles. The Morgan fingerprint density at radius 3 is 2.82 bits per heavy atom. The van der Waals surface area contributed by atoms with Gasteiger partial charge in [0.2, 0.25) is 5.91 Å². The highest BCUT2D eigenvalue weighted by atomic mass is 35.5. The molecule has 6 nitrogen and oxygen atoms in total. The molecule has 1 atom stereocenters. The van der Waals surface area contributed by atoms with Crippen LogP contribution in [0.3, 0.4) is 0 Å². The van der Waals surface area contributed by atoms with E-state index in [1.807, 2.05) is 29.2 Å². The molecule has 4 rings (SSSR count). The zero-order valence-corrected chi connectivity index (χ0v) is 17.0. The SMILES string of the molecule is CCCC[C@@H]1Nc2ncnc(N3CCCC3)c2N(Cc2cccc(Cl)c2)C1=O. The van der Waals surface area contributed by atoms with Crippen LogP contribution in [0.1, 0.15) is 44.6 Å². The number of amides is 1. The number of benzene rings is 1. The maximum Gasteiger partial charge on any atom is 0.250 e. The van der Waals surface area contributed by atoms with E-state index in [-0.39, 0.29) is 11.9 Å². The fourth-order valence-corrected chi connectivity index (χ4v) is 4.20. The van der Waals surface area contributed by atoms with Crippen molar-refractivity contribution in [1.29, 1.82) is 0 Å². The van der Waals surface area contributed by atoms with Crippen LogP contribution in [0.4, 0.5) is 17.3 Å². The van der Waals surface area contributed by atoms with Crippen LogP contribution in [0, 0.1) is 0 Å². The minimum Gasteiger partial charge on any atom is -0.356 e. The van der Waals surface area contributed by atoms with Gasteiger partial charge in [0.1, 0.15) is 18.1 Å². The molecule has 0 spiro atoms. The zero-order chi connectivity index (χ0) is 19.5. The monoisotopic (exact) mass is 399 g/mol. The predicted molar refractivity (Wildman–Crippen MR) is 113 cm³/mol. The summed E-state index contributed by atoms with van der Waals surface area (Å²) in [4.78, 5) is 26.6. The smallest absolute Gasteiger partial charge is 0.250 e. The molecule has 148 valence electrons. The average Bonchev–Trinajstić information content (AvgIpc) is 3.23. The van der Waals surface area contributed by atoms with Gasteiger partial charge in [-0.3, -0.25) is 9.69 Å². The minimum atomic E-state index is -0.257. The van der Waals surface area contributed by atoms with Crippen LogP contribution in [-0.4, -0.2) is 35.0 Å². The standard InChI is InChI=1S/C21H26ClN5O/c1-2-3-9-17-21(28)27(13-15-7-6-8-16(22)12-15)18-19(25-17)23-14-24-20(18)26-10-4-5-11-26/h6-8,12,14,17H,2-5,9-11,13H2,1H3,(H,23,24,25)/t17-/m0/s1.